The average Bonchev–Trinajstić information content (AvgIpc) is 2.93. The summed E-state index contributed by atoms with van der Waals surface area (Å²) in [5, 5.41) is 9.95. The summed E-state index contributed by atoms with van der Waals surface area (Å²) in [6, 6.07) is 5.24. The quantitative estimate of drug-likeness (QED) is 0.768. The molecule has 1 amide bonds. The third kappa shape index (κ3) is 4.02. The fourth-order valence-electron chi connectivity index (χ4n) is 2.82. The normalized spacial score (nSPS) is 18.7. The van der Waals surface area contributed by atoms with Crippen molar-refractivity contribution >= 4 is 32.4 Å². The van der Waals surface area contributed by atoms with E-state index in [-0.39, 0.29) is 15.4 Å². The number of sulfonamides is 1. The summed E-state index contributed by atoms with van der Waals surface area (Å²) < 4.78 is 34.0. The van der Waals surface area contributed by atoms with Crippen LogP contribution in [0.3, 0.4) is 0 Å². The van der Waals surface area contributed by atoms with Crippen LogP contribution in [-0.4, -0.2) is 30.1 Å². The van der Waals surface area contributed by atoms with Crippen molar-refractivity contribution in [3.05, 3.63) is 29.3 Å². The molecule has 0 spiro atoms. The van der Waals surface area contributed by atoms with Crippen LogP contribution in [0.5, 0.6) is 5.75 Å². The van der Waals surface area contributed by atoms with Crippen molar-refractivity contribution in [2.75, 3.05) is 5.32 Å². The van der Waals surface area contributed by atoms with Gasteiger partial charge in [0.25, 0.3) is 10.0 Å². The lowest BCUT2D eigenvalue weighted by Gasteiger charge is -2.37. The second-order valence-electron chi connectivity index (χ2n) is 6.84. The zero-order valence-electron chi connectivity index (χ0n) is 14.9. The first-order valence-electron chi connectivity index (χ1n) is 7.99. The number of nitrogens with zero attached hydrogens (tertiary/aromatic N) is 2. The number of amides is 1. The zero-order chi connectivity index (χ0) is 19.1. The van der Waals surface area contributed by atoms with Crippen molar-refractivity contribution in [3.63, 3.8) is 0 Å². The monoisotopic (exact) mass is 396 g/mol. The summed E-state index contributed by atoms with van der Waals surface area (Å²) in [6.45, 7) is 7.10. The van der Waals surface area contributed by atoms with Gasteiger partial charge < -0.3 is 10.1 Å². The van der Waals surface area contributed by atoms with E-state index in [0.717, 1.165) is 22.5 Å². The third-order valence-corrected chi connectivity index (χ3v) is 6.52. The van der Waals surface area contributed by atoms with Crippen LogP contribution in [0.4, 0.5) is 5.13 Å². The molecule has 140 valence electrons. The molecule has 0 saturated carbocycles. The minimum absolute atomic E-state index is 0.140. The highest BCUT2D eigenvalue weighted by Gasteiger charge is 2.37. The molecule has 2 aromatic rings. The first-order valence-corrected chi connectivity index (χ1v) is 10.3. The smallest absolute Gasteiger partial charge is 0.270 e. The number of carbonyl (C=O) groups excluding carboxylic acids is 1. The summed E-state index contributed by atoms with van der Waals surface area (Å²) in [4.78, 5) is 11.1. The van der Waals surface area contributed by atoms with Gasteiger partial charge in [-0.25, -0.2) is 13.1 Å². The molecule has 0 aliphatic carbocycles. The van der Waals surface area contributed by atoms with E-state index in [1.807, 2.05) is 39.0 Å². The van der Waals surface area contributed by atoms with Gasteiger partial charge in [0.2, 0.25) is 15.4 Å². The lowest BCUT2D eigenvalue weighted by atomic mass is 9.90. The summed E-state index contributed by atoms with van der Waals surface area (Å²) in [6.07, 6.45) is 0.472. The van der Waals surface area contributed by atoms with E-state index in [2.05, 4.69) is 20.2 Å². The zero-order valence-corrected chi connectivity index (χ0v) is 16.5. The van der Waals surface area contributed by atoms with E-state index < -0.39 is 21.7 Å². The second-order valence-corrected chi connectivity index (χ2v) is 9.70. The van der Waals surface area contributed by atoms with Crippen molar-refractivity contribution in [2.45, 2.75) is 50.1 Å². The van der Waals surface area contributed by atoms with E-state index in [9.17, 15) is 13.2 Å². The number of carbonyl (C=O) groups is 1. The van der Waals surface area contributed by atoms with Crippen LogP contribution in [0, 0.1) is 6.92 Å². The number of ether oxygens (including phenoxy) is 1. The van der Waals surface area contributed by atoms with Gasteiger partial charge >= 0.3 is 0 Å². The predicted octanol–water partition coefficient (Wildman–Crippen LogP) is 2.39. The second kappa shape index (κ2) is 6.60. The Morgan fingerprint density at radius 3 is 2.77 bits per heavy atom. The number of rotatable bonds is 4. The average molecular weight is 396 g/mol. The standard InChI is InChI=1S/C16H20N4O4S2/c1-9-5-6-11-12(8-16(3,4)24-13(11)7-9)20-26(22,23)15-19-18-14(25-15)17-10(2)21/h5-7,12,20H,8H2,1-4H3,(H,17,18,21). The molecule has 8 nitrogen and oxygen atoms in total. The highest BCUT2D eigenvalue weighted by molar-refractivity contribution is 7.91. The lowest BCUT2D eigenvalue weighted by molar-refractivity contribution is -0.114. The van der Waals surface area contributed by atoms with Crippen LogP contribution in [0.1, 0.15) is 44.4 Å². The van der Waals surface area contributed by atoms with Crippen molar-refractivity contribution in [3.8, 4) is 5.75 Å². The van der Waals surface area contributed by atoms with Crippen LogP contribution in [-0.2, 0) is 14.8 Å². The molecule has 0 saturated heterocycles. The minimum atomic E-state index is -3.89. The Morgan fingerprint density at radius 2 is 2.08 bits per heavy atom. The van der Waals surface area contributed by atoms with E-state index in [1.165, 1.54) is 6.92 Å². The van der Waals surface area contributed by atoms with E-state index in [0.29, 0.717) is 12.2 Å². The van der Waals surface area contributed by atoms with Gasteiger partial charge in [0.1, 0.15) is 11.4 Å². The molecular weight excluding hydrogens is 376 g/mol. The number of aryl methyl sites for hydroxylation is 1. The fourth-order valence-corrected chi connectivity index (χ4v) is 5.00. The molecule has 1 atom stereocenters. The molecule has 0 fully saturated rings. The topological polar surface area (TPSA) is 110 Å². The molecule has 26 heavy (non-hydrogen) atoms. The minimum Gasteiger partial charge on any atom is -0.487 e. The Bertz CT molecular complexity index is 953. The summed E-state index contributed by atoms with van der Waals surface area (Å²) in [5.41, 5.74) is 1.30. The maximum atomic E-state index is 12.7. The molecule has 0 radical (unpaired) electrons. The predicted molar refractivity (Wildman–Crippen MR) is 97.8 cm³/mol. The maximum absolute atomic E-state index is 12.7. The Labute approximate surface area is 156 Å². The number of hydrogen-bond donors (Lipinski definition) is 2. The number of nitrogens with one attached hydrogen (secondary N) is 2. The number of fused-ring (bicyclic) bond motifs is 1. The molecule has 1 aromatic heterocycles. The van der Waals surface area contributed by atoms with Crippen molar-refractivity contribution in [1.29, 1.82) is 0 Å². The number of hydrogen-bond acceptors (Lipinski definition) is 7. The highest BCUT2D eigenvalue weighted by atomic mass is 32.2. The molecule has 1 unspecified atom stereocenters. The van der Waals surface area contributed by atoms with Gasteiger partial charge in [-0.1, -0.05) is 23.5 Å². The molecule has 3 rings (SSSR count). The third-order valence-electron chi connectivity index (χ3n) is 3.84. The highest BCUT2D eigenvalue weighted by Crippen LogP contribution is 2.40. The molecule has 1 aromatic carbocycles. The van der Waals surface area contributed by atoms with Crippen LogP contribution in [0.25, 0.3) is 0 Å². The number of aromatic nitrogens is 2. The van der Waals surface area contributed by atoms with Gasteiger partial charge in [0.05, 0.1) is 6.04 Å². The van der Waals surface area contributed by atoms with Crippen LogP contribution in [0.15, 0.2) is 22.5 Å². The van der Waals surface area contributed by atoms with Gasteiger partial charge in [-0.3, -0.25) is 4.79 Å². The molecule has 10 heteroatoms. The molecule has 0 bridgehead atoms. The Hall–Kier alpha value is -2.04. The Balaban J connectivity index is 1.90. The molecule has 1 aliphatic heterocycles. The first kappa shape index (κ1) is 18.7. The molecule has 1 aliphatic rings. The molecule has 2 N–H and O–H groups in total. The van der Waals surface area contributed by atoms with Gasteiger partial charge in [0.15, 0.2) is 0 Å². The lowest BCUT2D eigenvalue weighted by Crippen LogP contribution is -2.41. The largest absolute Gasteiger partial charge is 0.487 e. The Morgan fingerprint density at radius 1 is 1.35 bits per heavy atom. The van der Waals surface area contributed by atoms with E-state index >= 15 is 0 Å². The van der Waals surface area contributed by atoms with Crippen LogP contribution < -0.4 is 14.8 Å². The van der Waals surface area contributed by atoms with E-state index in [1.54, 1.807) is 0 Å². The first-order chi connectivity index (χ1) is 12.1. The number of benzene rings is 1. The van der Waals surface area contributed by atoms with Crippen molar-refractivity contribution in [2.24, 2.45) is 0 Å². The molecule has 2 heterocycles. The van der Waals surface area contributed by atoms with Gasteiger partial charge in [-0.05, 0) is 32.4 Å². The SMILES string of the molecule is CC(=O)Nc1nnc(S(=O)(=O)NC2CC(C)(C)Oc3cc(C)ccc32)s1. The van der Waals surface area contributed by atoms with Gasteiger partial charge in [-0.2, -0.15) is 0 Å². The van der Waals surface area contributed by atoms with Crippen LogP contribution >= 0.6 is 11.3 Å². The summed E-state index contributed by atoms with van der Waals surface area (Å²) in [7, 11) is -3.89. The van der Waals surface area contributed by atoms with E-state index in [4.69, 9.17) is 4.74 Å². The van der Waals surface area contributed by atoms with Crippen molar-refractivity contribution in [1.82, 2.24) is 14.9 Å². The van der Waals surface area contributed by atoms with Gasteiger partial charge in [-0.15, -0.1) is 10.2 Å². The van der Waals surface area contributed by atoms with Gasteiger partial charge in [0, 0.05) is 18.9 Å². The molecular formula is C16H20N4O4S2. The summed E-state index contributed by atoms with van der Waals surface area (Å²) >= 11 is 0.804. The van der Waals surface area contributed by atoms with Crippen LogP contribution in [0.2, 0.25) is 0 Å². The fraction of sp³-hybridized carbons (Fsp3) is 0.438. The van der Waals surface area contributed by atoms with Crippen molar-refractivity contribution < 1.29 is 17.9 Å². The number of anilines is 1. The Kier molecular flexibility index (Phi) is 4.76. The summed E-state index contributed by atoms with van der Waals surface area (Å²) in [5.74, 6) is 0.332. The maximum Gasteiger partial charge on any atom is 0.270 e.